The van der Waals surface area contributed by atoms with Crippen molar-refractivity contribution >= 4 is 5.69 Å². The second kappa shape index (κ2) is 4.10. The van der Waals surface area contributed by atoms with E-state index in [1.165, 1.54) is 43.5 Å². The highest BCUT2D eigenvalue weighted by Gasteiger charge is 2.33. The van der Waals surface area contributed by atoms with Crippen molar-refractivity contribution in [3.8, 4) is 0 Å². The van der Waals surface area contributed by atoms with Crippen LogP contribution in [0.2, 0.25) is 0 Å². The first-order valence-electron chi connectivity index (χ1n) is 6.42. The Morgan fingerprint density at radius 1 is 1.06 bits per heavy atom. The maximum absolute atomic E-state index is 5.63. The molecule has 0 spiro atoms. The highest BCUT2D eigenvalue weighted by molar-refractivity contribution is 5.50. The molecule has 0 unspecified atom stereocenters. The molecule has 86 valence electrons. The molecule has 2 aliphatic rings. The molecule has 3 rings (SSSR count). The standard InChI is InChI=1S/C14H20N2/c15-9-11-3-5-13(6-4-11)16(14-7-8-14)10-12-1-2-12/h3-6,12,14H,1-2,7-10,15H2. The first-order chi connectivity index (χ1) is 7.86. The Bertz CT molecular complexity index is 350. The number of nitrogens with zero attached hydrogens (tertiary/aromatic N) is 1. The summed E-state index contributed by atoms with van der Waals surface area (Å²) < 4.78 is 0. The zero-order chi connectivity index (χ0) is 11.0. The number of benzene rings is 1. The molecule has 2 fully saturated rings. The highest BCUT2D eigenvalue weighted by Crippen LogP contribution is 2.37. The quantitative estimate of drug-likeness (QED) is 0.819. The smallest absolute Gasteiger partial charge is 0.0368 e. The fourth-order valence-corrected chi connectivity index (χ4v) is 2.25. The van der Waals surface area contributed by atoms with Gasteiger partial charge in [0, 0.05) is 24.8 Å². The Labute approximate surface area is 97.4 Å². The van der Waals surface area contributed by atoms with Gasteiger partial charge in [0.15, 0.2) is 0 Å². The van der Waals surface area contributed by atoms with Crippen LogP contribution in [0.1, 0.15) is 31.2 Å². The maximum atomic E-state index is 5.63. The van der Waals surface area contributed by atoms with Gasteiger partial charge in [0.05, 0.1) is 0 Å². The largest absolute Gasteiger partial charge is 0.368 e. The van der Waals surface area contributed by atoms with Gasteiger partial charge >= 0.3 is 0 Å². The number of nitrogens with two attached hydrogens (primary N) is 1. The van der Waals surface area contributed by atoms with Gasteiger partial charge in [-0.3, -0.25) is 0 Å². The van der Waals surface area contributed by atoms with E-state index in [0.29, 0.717) is 6.54 Å². The summed E-state index contributed by atoms with van der Waals surface area (Å²) in [4.78, 5) is 2.61. The average molecular weight is 216 g/mol. The zero-order valence-electron chi connectivity index (χ0n) is 9.73. The van der Waals surface area contributed by atoms with Gasteiger partial charge in [0.2, 0.25) is 0 Å². The summed E-state index contributed by atoms with van der Waals surface area (Å²) >= 11 is 0. The Balaban J connectivity index is 1.74. The van der Waals surface area contributed by atoms with Crippen molar-refractivity contribution in [1.29, 1.82) is 0 Å². The van der Waals surface area contributed by atoms with Crippen LogP contribution in [-0.4, -0.2) is 12.6 Å². The van der Waals surface area contributed by atoms with Crippen LogP contribution >= 0.6 is 0 Å². The van der Waals surface area contributed by atoms with E-state index in [0.717, 1.165) is 12.0 Å². The third-order valence-corrected chi connectivity index (χ3v) is 3.64. The molecular formula is C14H20N2. The first-order valence-corrected chi connectivity index (χ1v) is 6.42. The van der Waals surface area contributed by atoms with Crippen molar-refractivity contribution in [2.75, 3.05) is 11.4 Å². The molecule has 0 radical (unpaired) electrons. The van der Waals surface area contributed by atoms with Crippen LogP contribution < -0.4 is 10.6 Å². The Hall–Kier alpha value is -1.02. The minimum absolute atomic E-state index is 0.645. The molecule has 0 aromatic heterocycles. The molecule has 2 saturated carbocycles. The molecule has 16 heavy (non-hydrogen) atoms. The average Bonchev–Trinajstić information content (AvgIpc) is 3.16. The van der Waals surface area contributed by atoms with Crippen molar-refractivity contribution in [3.05, 3.63) is 29.8 Å². The highest BCUT2D eigenvalue weighted by atomic mass is 15.2. The Kier molecular flexibility index (Phi) is 2.60. The lowest BCUT2D eigenvalue weighted by atomic mass is 10.2. The van der Waals surface area contributed by atoms with Gasteiger partial charge < -0.3 is 10.6 Å². The summed E-state index contributed by atoms with van der Waals surface area (Å²) in [6.07, 6.45) is 5.63. The second-order valence-electron chi connectivity index (χ2n) is 5.20. The van der Waals surface area contributed by atoms with E-state index < -0.39 is 0 Å². The topological polar surface area (TPSA) is 29.3 Å². The van der Waals surface area contributed by atoms with Crippen molar-refractivity contribution in [2.24, 2.45) is 11.7 Å². The molecule has 2 N–H and O–H groups in total. The van der Waals surface area contributed by atoms with Gasteiger partial charge in [0.25, 0.3) is 0 Å². The molecule has 0 bridgehead atoms. The first kappa shape index (κ1) is 10.2. The van der Waals surface area contributed by atoms with E-state index in [4.69, 9.17) is 5.73 Å². The van der Waals surface area contributed by atoms with E-state index in [1.807, 2.05) is 0 Å². The Morgan fingerprint density at radius 2 is 1.75 bits per heavy atom. The molecule has 1 aromatic rings. The lowest BCUT2D eigenvalue weighted by Crippen LogP contribution is -2.27. The second-order valence-corrected chi connectivity index (χ2v) is 5.20. The lowest BCUT2D eigenvalue weighted by Gasteiger charge is -2.24. The van der Waals surface area contributed by atoms with Gasteiger partial charge in [-0.1, -0.05) is 12.1 Å². The van der Waals surface area contributed by atoms with Crippen molar-refractivity contribution in [2.45, 2.75) is 38.3 Å². The molecule has 2 aliphatic carbocycles. The number of hydrogen-bond donors (Lipinski definition) is 1. The summed E-state index contributed by atoms with van der Waals surface area (Å²) in [6, 6.07) is 9.63. The minimum atomic E-state index is 0.645. The summed E-state index contributed by atoms with van der Waals surface area (Å²) in [5, 5.41) is 0. The SMILES string of the molecule is NCc1ccc(N(CC2CC2)C2CC2)cc1. The van der Waals surface area contributed by atoms with E-state index in [2.05, 4.69) is 29.2 Å². The van der Waals surface area contributed by atoms with Gasteiger partial charge in [-0.15, -0.1) is 0 Å². The maximum Gasteiger partial charge on any atom is 0.0368 e. The number of rotatable bonds is 5. The summed E-state index contributed by atoms with van der Waals surface area (Å²) in [5.41, 5.74) is 8.25. The van der Waals surface area contributed by atoms with Crippen molar-refractivity contribution < 1.29 is 0 Å². The minimum Gasteiger partial charge on any atom is -0.368 e. The fourth-order valence-electron chi connectivity index (χ4n) is 2.25. The van der Waals surface area contributed by atoms with Crippen molar-refractivity contribution in [1.82, 2.24) is 0 Å². The van der Waals surface area contributed by atoms with Crippen LogP contribution in [0.15, 0.2) is 24.3 Å². The van der Waals surface area contributed by atoms with E-state index in [1.54, 1.807) is 0 Å². The van der Waals surface area contributed by atoms with Crippen LogP contribution in [0.4, 0.5) is 5.69 Å². The third-order valence-electron chi connectivity index (χ3n) is 3.64. The monoisotopic (exact) mass is 216 g/mol. The molecular weight excluding hydrogens is 196 g/mol. The van der Waals surface area contributed by atoms with Gasteiger partial charge in [-0.05, 0) is 49.3 Å². The van der Waals surface area contributed by atoms with Crippen LogP contribution in [0.25, 0.3) is 0 Å². The predicted octanol–water partition coefficient (Wildman–Crippen LogP) is 2.52. The molecule has 0 amide bonds. The van der Waals surface area contributed by atoms with Gasteiger partial charge in [-0.2, -0.15) is 0 Å². The van der Waals surface area contributed by atoms with Gasteiger partial charge in [-0.25, -0.2) is 0 Å². The normalized spacial score (nSPS) is 19.8. The van der Waals surface area contributed by atoms with Crippen LogP contribution in [0.5, 0.6) is 0 Å². The lowest BCUT2D eigenvalue weighted by molar-refractivity contribution is 0.719. The van der Waals surface area contributed by atoms with Crippen LogP contribution in [0.3, 0.4) is 0 Å². The molecule has 0 heterocycles. The van der Waals surface area contributed by atoms with Crippen LogP contribution in [-0.2, 0) is 6.54 Å². The zero-order valence-corrected chi connectivity index (χ0v) is 9.73. The number of anilines is 1. The number of hydrogen-bond acceptors (Lipinski definition) is 2. The molecule has 0 saturated heterocycles. The molecule has 2 nitrogen and oxygen atoms in total. The van der Waals surface area contributed by atoms with Gasteiger partial charge in [0.1, 0.15) is 0 Å². The van der Waals surface area contributed by atoms with E-state index in [-0.39, 0.29) is 0 Å². The van der Waals surface area contributed by atoms with Crippen molar-refractivity contribution in [3.63, 3.8) is 0 Å². The third kappa shape index (κ3) is 2.22. The van der Waals surface area contributed by atoms with E-state index >= 15 is 0 Å². The predicted molar refractivity (Wildman–Crippen MR) is 67.4 cm³/mol. The molecule has 0 atom stereocenters. The summed E-state index contributed by atoms with van der Waals surface area (Å²) in [5.74, 6) is 0.967. The summed E-state index contributed by atoms with van der Waals surface area (Å²) in [6.45, 7) is 1.92. The molecule has 0 aliphatic heterocycles. The van der Waals surface area contributed by atoms with E-state index in [9.17, 15) is 0 Å². The Morgan fingerprint density at radius 3 is 2.25 bits per heavy atom. The van der Waals surface area contributed by atoms with Crippen LogP contribution in [0, 0.1) is 5.92 Å². The summed E-state index contributed by atoms with van der Waals surface area (Å²) in [7, 11) is 0. The fraction of sp³-hybridized carbons (Fsp3) is 0.571. The molecule has 1 aromatic carbocycles. The molecule has 2 heteroatoms.